The molecule has 1 aromatic rings. The fourth-order valence-corrected chi connectivity index (χ4v) is 1.87. The molecule has 0 N–H and O–H groups in total. The van der Waals surface area contributed by atoms with Crippen LogP contribution in [-0.2, 0) is 17.7 Å². The number of hydrogen-bond donors (Lipinski definition) is 0. The first-order valence-corrected chi connectivity index (χ1v) is 5.38. The Morgan fingerprint density at radius 3 is 3.21 bits per heavy atom. The van der Waals surface area contributed by atoms with E-state index >= 15 is 0 Å². The Morgan fingerprint density at radius 2 is 2.50 bits per heavy atom. The third-order valence-electron chi connectivity index (χ3n) is 2.72. The molecule has 1 fully saturated rings. The van der Waals surface area contributed by atoms with Crippen molar-refractivity contribution >= 4 is 0 Å². The van der Waals surface area contributed by atoms with Gasteiger partial charge in [-0.05, 0) is 26.2 Å². The summed E-state index contributed by atoms with van der Waals surface area (Å²) < 4.78 is 7.75. The SMILES string of the molecule is CCn1cnnc1CC1CCCCO1. The number of ether oxygens (including phenoxy) is 1. The molecule has 0 aromatic carbocycles. The predicted molar refractivity (Wildman–Crippen MR) is 53.0 cm³/mol. The molecule has 4 nitrogen and oxygen atoms in total. The van der Waals surface area contributed by atoms with E-state index in [9.17, 15) is 0 Å². The summed E-state index contributed by atoms with van der Waals surface area (Å²) in [5.74, 6) is 1.06. The lowest BCUT2D eigenvalue weighted by Crippen LogP contribution is -2.23. The van der Waals surface area contributed by atoms with Crippen LogP contribution >= 0.6 is 0 Å². The summed E-state index contributed by atoms with van der Waals surface area (Å²) in [6, 6.07) is 0. The molecule has 0 aliphatic carbocycles. The van der Waals surface area contributed by atoms with E-state index in [1.165, 1.54) is 12.8 Å². The highest BCUT2D eigenvalue weighted by atomic mass is 16.5. The number of aromatic nitrogens is 3. The third kappa shape index (κ3) is 2.12. The van der Waals surface area contributed by atoms with Crippen LogP contribution in [0.3, 0.4) is 0 Å². The van der Waals surface area contributed by atoms with Gasteiger partial charge in [0.15, 0.2) is 0 Å². The Balaban J connectivity index is 1.95. The van der Waals surface area contributed by atoms with Crippen molar-refractivity contribution in [1.82, 2.24) is 14.8 Å². The molecule has 1 saturated heterocycles. The van der Waals surface area contributed by atoms with Gasteiger partial charge in [-0.15, -0.1) is 10.2 Å². The van der Waals surface area contributed by atoms with Gasteiger partial charge in [0.2, 0.25) is 0 Å². The lowest BCUT2D eigenvalue weighted by Gasteiger charge is -2.22. The molecule has 0 saturated carbocycles. The molecule has 1 unspecified atom stereocenters. The monoisotopic (exact) mass is 195 g/mol. The van der Waals surface area contributed by atoms with E-state index in [1.807, 2.05) is 0 Å². The van der Waals surface area contributed by atoms with Crippen LogP contribution in [0.1, 0.15) is 32.0 Å². The highest BCUT2D eigenvalue weighted by Gasteiger charge is 2.16. The zero-order valence-electron chi connectivity index (χ0n) is 8.65. The van der Waals surface area contributed by atoms with Crippen LogP contribution in [0.2, 0.25) is 0 Å². The zero-order valence-corrected chi connectivity index (χ0v) is 8.65. The molecule has 0 spiro atoms. The van der Waals surface area contributed by atoms with Crippen LogP contribution in [0, 0.1) is 0 Å². The van der Waals surface area contributed by atoms with E-state index in [0.29, 0.717) is 6.10 Å². The summed E-state index contributed by atoms with van der Waals surface area (Å²) in [6.45, 7) is 3.95. The Labute approximate surface area is 84.3 Å². The van der Waals surface area contributed by atoms with Crippen LogP contribution in [0.5, 0.6) is 0 Å². The summed E-state index contributed by atoms with van der Waals surface area (Å²) in [6.07, 6.45) is 6.71. The van der Waals surface area contributed by atoms with Gasteiger partial charge in [0.05, 0.1) is 6.10 Å². The second-order valence-electron chi connectivity index (χ2n) is 3.73. The van der Waals surface area contributed by atoms with E-state index in [2.05, 4.69) is 21.7 Å². The molecule has 78 valence electrons. The predicted octanol–water partition coefficient (Wildman–Crippen LogP) is 1.41. The molecular formula is C10H17N3O. The highest BCUT2D eigenvalue weighted by Crippen LogP contribution is 2.16. The maximum atomic E-state index is 5.67. The van der Waals surface area contributed by atoms with Gasteiger partial charge >= 0.3 is 0 Å². The molecule has 1 aromatic heterocycles. The molecule has 1 aliphatic rings. The molecule has 0 radical (unpaired) electrons. The maximum absolute atomic E-state index is 5.67. The summed E-state index contributed by atoms with van der Waals surface area (Å²) in [5, 5.41) is 8.03. The van der Waals surface area contributed by atoms with E-state index in [4.69, 9.17) is 4.74 Å². The van der Waals surface area contributed by atoms with E-state index in [0.717, 1.165) is 31.8 Å². The Hall–Kier alpha value is -0.900. The van der Waals surface area contributed by atoms with Crippen LogP contribution in [-0.4, -0.2) is 27.5 Å². The first-order chi connectivity index (χ1) is 6.90. The van der Waals surface area contributed by atoms with Crippen LogP contribution in [0.25, 0.3) is 0 Å². The van der Waals surface area contributed by atoms with Gasteiger partial charge in [0.25, 0.3) is 0 Å². The standard InChI is InChI=1S/C10H17N3O/c1-2-13-8-11-12-10(13)7-9-5-3-4-6-14-9/h8-9H,2-7H2,1H3. The minimum Gasteiger partial charge on any atom is -0.378 e. The Bertz CT molecular complexity index is 279. The van der Waals surface area contributed by atoms with Gasteiger partial charge in [-0.1, -0.05) is 0 Å². The second kappa shape index (κ2) is 4.55. The van der Waals surface area contributed by atoms with E-state index < -0.39 is 0 Å². The van der Waals surface area contributed by atoms with Gasteiger partial charge in [0.1, 0.15) is 12.2 Å². The van der Waals surface area contributed by atoms with Gasteiger partial charge in [0, 0.05) is 19.6 Å². The molecular weight excluding hydrogens is 178 g/mol. The summed E-state index contributed by atoms with van der Waals surface area (Å²) in [5.41, 5.74) is 0. The topological polar surface area (TPSA) is 39.9 Å². The fourth-order valence-electron chi connectivity index (χ4n) is 1.87. The zero-order chi connectivity index (χ0) is 9.80. The molecule has 0 amide bonds. The first kappa shape index (κ1) is 9.65. The second-order valence-corrected chi connectivity index (χ2v) is 3.73. The molecule has 1 atom stereocenters. The lowest BCUT2D eigenvalue weighted by atomic mass is 10.1. The summed E-state index contributed by atoms with van der Waals surface area (Å²) in [4.78, 5) is 0. The van der Waals surface area contributed by atoms with Crippen molar-refractivity contribution in [2.45, 2.75) is 45.3 Å². The lowest BCUT2D eigenvalue weighted by molar-refractivity contribution is 0.0151. The molecule has 2 rings (SSSR count). The highest BCUT2D eigenvalue weighted by molar-refractivity contribution is 4.89. The number of aryl methyl sites for hydroxylation is 1. The normalized spacial score (nSPS) is 22.5. The maximum Gasteiger partial charge on any atom is 0.135 e. The average molecular weight is 195 g/mol. The number of hydrogen-bond acceptors (Lipinski definition) is 3. The van der Waals surface area contributed by atoms with Gasteiger partial charge in [-0.3, -0.25) is 0 Å². The van der Waals surface area contributed by atoms with Crippen molar-refractivity contribution in [3.8, 4) is 0 Å². The van der Waals surface area contributed by atoms with E-state index in [-0.39, 0.29) is 0 Å². The number of nitrogens with zero attached hydrogens (tertiary/aromatic N) is 3. The van der Waals surface area contributed by atoms with Crippen molar-refractivity contribution in [3.05, 3.63) is 12.2 Å². The molecule has 2 heterocycles. The van der Waals surface area contributed by atoms with Crippen LogP contribution in [0.15, 0.2) is 6.33 Å². The van der Waals surface area contributed by atoms with Gasteiger partial charge < -0.3 is 9.30 Å². The molecule has 1 aliphatic heterocycles. The van der Waals surface area contributed by atoms with Crippen molar-refractivity contribution in [2.75, 3.05) is 6.61 Å². The minimum absolute atomic E-state index is 0.359. The average Bonchev–Trinajstić information content (AvgIpc) is 2.67. The van der Waals surface area contributed by atoms with E-state index in [1.54, 1.807) is 6.33 Å². The molecule has 0 bridgehead atoms. The van der Waals surface area contributed by atoms with Crippen molar-refractivity contribution in [2.24, 2.45) is 0 Å². The summed E-state index contributed by atoms with van der Waals surface area (Å²) in [7, 11) is 0. The largest absolute Gasteiger partial charge is 0.378 e. The Morgan fingerprint density at radius 1 is 1.57 bits per heavy atom. The minimum atomic E-state index is 0.359. The Kier molecular flexibility index (Phi) is 3.14. The quantitative estimate of drug-likeness (QED) is 0.732. The molecule has 14 heavy (non-hydrogen) atoms. The first-order valence-electron chi connectivity index (χ1n) is 5.38. The van der Waals surface area contributed by atoms with Gasteiger partial charge in [-0.2, -0.15) is 0 Å². The number of rotatable bonds is 3. The van der Waals surface area contributed by atoms with Crippen LogP contribution < -0.4 is 0 Å². The van der Waals surface area contributed by atoms with Crippen molar-refractivity contribution in [1.29, 1.82) is 0 Å². The smallest absolute Gasteiger partial charge is 0.135 e. The van der Waals surface area contributed by atoms with Crippen molar-refractivity contribution in [3.63, 3.8) is 0 Å². The van der Waals surface area contributed by atoms with Crippen molar-refractivity contribution < 1.29 is 4.74 Å². The van der Waals surface area contributed by atoms with Gasteiger partial charge in [-0.25, -0.2) is 0 Å². The summed E-state index contributed by atoms with van der Waals surface area (Å²) >= 11 is 0. The molecule has 4 heteroatoms. The third-order valence-corrected chi connectivity index (χ3v) is 2.72. The fraction of sp³-hybridized carbons (Fsp3) is 0.800. The van der Waals surface area contributed by atoms with Crippen LogP contribution in [0.4, 0.5) is 0 Å².